The van der Waals surface area contributed by atoms with Crippen molar-refractivity contribution in [1.82, 2.24) is 15.5 Å². The van der Waals surface area contributed by atoms with Gasteiger partial charge in [0.1, 0.15) is 0 Å². The van der Waals surface area contributed by atoms with Crippen molar-refractivity contribution < 1.29 is 4.52 Å². The Bertz CT molecular complexity index is 504. The van der Waals surface area contributed by atoms with Crippen LogP contribution >= 0.6 is 0 Å². The highest BCUT2D eigenvalue weighted by Gasteiger charge is 2.13. The van der Waals surface area contributed by atoms with Gasteiger partial charge in [0.2, 0.25) is 5.89 Å². The van der Waals surface area contributed by atoms with E-state index in [1.165, 1.54) is 11.1 Å². The van der Waals surface area contributed by atoms with Crippen molar-refractivity contribution in [3.05, 3.63) is 47.1 Å². The van der Waals surface area contributed by atoms with Crippen LogP contribution < -0.4 is 5.32 Å². The van der Waals surface area contributed by atoms with Crippen LogP contribution in [0.15, 0.2) is 28.8 Å². The first kappa shape index (κ1) is 13.7. The number of nitrogens with one attached hydrogen (secondary N) is 1. The fourth-order valence-electron chi connectivity index (χ4n) is 1.85. The molecule has 0 spiro atoms. The predicted octanol–water partition coefficient (Wildman–Crippen LogP) is 3.03. The van der Waals surface area contributed by atoms with Gasteiger partial charge in [-0.05, 0) is 32.4 Å². The summed E-state index contributed by atoms with van der Waals surface area (Å²) in [7, 11) is 0. The number of hydrogen-bond donors (Lipinski definition) is 1. The van der Waals surface area contributed by atoms with E-state index in [2.05, 4.69) is 53.6 Å². The Labute approximate surface area is 114 Å². The molecule has 1 aromatic heterocycles. The average Bonchev–Trinajstić information content (AvgIpc) is 2.87. The fourth-order valence-corrected chi connectivity index (χ4v) is 1.85. The molecular weight excluding hydrogens is 238 g/mol. The molecule has 0 aliphatic rings. The standard InChI is InChI=1S/C15H21N3O/c1-4-9-16-12(3)15-17-14(18-19-15)10-13-7-5-11(2)6-8-13/h5-8,12,16H,4,9-10H2,1-3H3. The van der Waals surface area contributed by atoms with Gasteiger partial charge in [-0.1, -0.05) is 41.9 Å². The van der Waals surface area contributed by atoms with Gasteiger partial charge in [-0.3, -0.25) is 0 Å². The Morgan fingerprint density at radius 2 is 2.00 bits per heavy atom. The lowest BCUT2D eigenvalue weighted by molar-refractivity contribution is 0.337. The lowest BCUT2D eigenvalue weighted by Gasteiger charge is -2.06. The Morgan fingerprint density at radius 3 is 2.68 bits per heavy atom. The topological polar surface area (TPSA) is 51.0 Å². The van der Waals surface area contributed by atoms with Gasteiger partial charge in [0.25, 0.3) is 0 Å². The van der Waals surface area contributed by atoms with Gasteiger partial charge in [0.15, 0.2) is 5.82 Å². The van der Waals surface area contributed by atoms with E-state index in [-0.39, 0.29) is 6.04 Å². The number of nitrogens with zero attached hydrogens (tertiary/aromatic N) is 2. The van der Waals surface area contributed by atoms with Crippen molar-refractivity contribution in [2.24, 2.45) is 0 Å². The van der Waals surface area contributed by atoms with E-state index in [0.717, 1.165) is 18.8 Å². The number of benzene rings is 1. The minimum atomic E-state index is 0.110. The molecule has 1 atom stereocenters. The van der Waals surface area contributed by atoms with Crippen LogP contribution in [0.25, 0.3) is 0 Å². The van der Waals surface area contributed by atoms with Crippen molar-refractivity contribution >= 4 is 0 Å². The summed E-state index contributed by atoms with van der Waals surface area (Å²) in [6, 6.07) is 8.51. The van der Waals surface area contributed by atoms with Crippen LogP contribution in [0.3, 0.4) is 0 Å². The van der Waals surface area contributed by atoms with Crippen LogP contribution in [0.2, 0.25) is 0 Å². The molecule has 102 valence electrons. The molecule has 0 fully saturated rings. The van der Waals surface area contributed by atoms with E-state index >= 15 is 0 Å². The van der Waals surface area contributed by atoms with E-state index in [0.29, 0.717) is 12.3 Å². The van der Waals surface area contributed by atoms with Crippen molar-refractivity contribution in [3.63, 3.8) is 0 Å². The first-order valence-electron chi connectivity index (χ1n) is 6.80. The van der Waals surface area contributed by atoms with Crippen LogP contribution in [-0.4, -0.2) is 16.7 Å². The van der Waals surface area contributed by atoms with E-state index in [4.69, 9.17) is 4.52 Å². The molecule has 1 heterocycles. The number of aryl methyl sites for hydroxylation is 1. The molecule has 0 amide bonds. The Balaban J connectivity index is 1.98. The zero-order valence-corrected chi connectivity index (χ0v) is 11.8. The SMILES string of the molecule is CCCNC(C)c1nc(Cc2ccc(C)cc2)no1. The molecule has 4 heteroatoms. The van der Waals surface area contributed by atoms with E-state index in [9.17, 15) is 0 Å². The van der Waals surface area contributed by atoms with E-state index in [1.54, 1.807) is 0 Å². The molecule has 2 rings (SSSR count). The second-order valence-corrected chi connectivity index (χ2v) is 4.89. The van der Waals surface area contributed by atoms with Crippen molar-refractivity contribution in [2.45, 2.75) is 39.7 Å². The van der Waals surface area contributed by atoms with Crippen LogP contribution in [0.5, 0.6) is 0 Å². The van der Waals surface area contributed by atoms with Gasteiger partial charge in [0.05, 0.1) is 6.04 Å². The largest absolute Gasteiger partial charge is 0.338 e. The lowest BCUT2D eigenvalue weighted by atomic mass is 10.1. The smallest absolute Gasteiger partial charge is 0.243 e. The maximum Gasteiger partial charge on any atom is 0.243 e. The Morgan fingerprint density at radius 1 is 1.26 bits per heavy atom. The molecule has 0 radical (unpaired) electrons. The molecule has 1 unspecified atom stereocenters. The summed E-state index contributed by atoms with van der Waals surface area (Å²) < 4.78 is 5.30. The summed E-state index contributed by atoms with van der Waals surface area (Å²) in [6.45, 7) is 7.21. The molecule has 0 aliphatic carbocycles. The Kier molecular flexibility index (Phi) is 4.68. The molecule has 0 aliphatic heterocycles. The summed E-state index contributed by atoms with van der Waals surface area (Å²) in [5, 5.41) is 7.37. The first-order valence-corrected chi connectivity index (χ1v) is 6.80. The summed E-state index contributed by atoms with van der Waals surface area (Å²) in [5.41, 5.74) is 2.46. The average molecular weight is 259 g/mol. The highest BCUT2D eigenvalue weighted by molar-refractivity contribution is 5.23. The summed E-state index contributed by atoms with van der Waals surface area (Å²) in [4.78, 5) is 4.44. The highest BCUT2D eigenvalue weighted by atomic mass is 16.5. The van der Waals surface area contributed by atoms with E-state index < -0.39 is 0 Å². The zero-order valence-electron chi connectivity index (χ0n) is 11.8. The van der Waals surface area contributed by atoms with Crippen LogP contribution in [0.4, 0.5) is 0 Å². The molecule has 19 heavy (non-hydrogen) atoms. The minimum absolute atomic E-state index is 0.110. The third kappa shape index (κ3) is 3.89. The predicted molar refractivity (Wildman–Crippen MR) is 75.0 cm³/mol. The zero-order chi connectivity index (χ0) is 13.7. The number of rotatable bonds is 6. The molecule has 4 nitrogen and oxygen atoms in total. The van der Waals surface area contributed by atoms with Gasteiger partial charge in [-0.15, -0.1) is 0 Å². The molecule has 0 bridgehead atoms. The number of aromatic nitrogens is 2. The normalized spacial score (nSPS) is 12.6. The van der Waals surface area contributed by atoms with Crippen molar-refractivity contribution in [3.8, 4) is 0 Å². The third-order valence-corrected chi connectivity index (χ3v) is 3.04. The first-order chi connectivity index (χ1) is 9.19. The van der Waals surface area contributed by atoms with Gasteiger partial charge < -0.3 is 9.84 Å². The second kappa shape index (κ2) is 6.48. The molecule has 0 saturated heterocycles. The lowest BCUT2D eigenvalue weighted by Crippen LogP contribution is -2.19. The molecule has 0 saturated carbocycles. The molecular formula is C15H21N3O. The monoisotopic (exact) mass is 259 g/mol. The summed E-state index contributed by atoms with van der Waals surface area (Å²) in [6.07, 6.45) is 1.80. The summed E-state index contributed by atoms with van der Waals surface area (Å²) >= 11 is 0. The van der Waals surface area contributed by atoms with Crippen LogP contribution in [0.1, 0.15) is 49.2 Å². The molecule has 1 N–H and O–H groups in total. The minimum Gasteiger partial charge on any atom is -0.338 e. The fraction of sp³-hybridized carbons (Fsp3) is 0.467. The van der Waals surface area contributed by atoms with Gasteiger partial charge in [0, 0.05) is 6.42 Å². The maximum atomic E-state index is 5.30. The van der Waals surface area contributed by atoms with Gasteiger partial charge >= 0.3 is 0 Å². The number of hydrogen-bond acceptors (Lipinski definition) is 4. The molecule has 1 aromatic carbocycles. The maximum absolute atomic E-state index is 5.30. The van der Waals surface area contributed by atoms with Gasteiger partial charge in [-0.2, -0.15) is 4.98 Å². The highest BCUT2D eigenvalue weighted by Crippen LogP contribution is 2.12. The molecule has 2 aromatic rings. The summed E-state index contributed by atoms with van der Waals surface area (Å²) in [5.74, 6) is 1.40. The Hall–Kier alpha value is -1.68. The van der Waals surface area contributed by atoms with Crippen molar-refractivity contribution in [2.75, 3.05) is 6.54 Å². The second-order valence-electron chi connectivity index (χ2n) is 4.89. The quantitative estimate of drug-likeness (QED) is 0.866. The van der Waals surface area contributed by atoms with Gasteiger partial charge in [-0.25, -0.2) is 0 Å². The third-order valence-electron chi connectivity index (χ3n) is 3.04. The van der Waals surface area contributed by atoms with Crippen molar-refractivity contribution in [1.29, 1.82) is 0 Å². The van der Waals surface area contributed by atoms with Crippen LogP contribution in [0, 0.1) is 6.92 Å². The van der Waals surface area contributed by atoms with E-state index in [1.807, 2.05) is 6.92 Å². The van der Waals surface area contributed by atoms with Crippen LogP contribution in [-0.2, 0) is 6.42 Å².